The van der Waals surface area contributed by atoms with Gasteiger partial charge in [-0.1, -0.05) is 29.8 Å². The summed E-state index contributed by atoms with van der Waals surface area (Å²) < 4.78 is 1.22. The highest BCUT2D eigenvalue weighted by atomic mass is 79.9. The van der Waals surface area contributed by atoms with Crippen molar-refractivity contribution in [1.82, 2.24) is 15.3 Å². The first kappa shape index (κ1) is 15.6. The van der Waals surface area contributed by atoms with E-state index in [1.54, 1.807) is 6.20 Å². The molecule has 0 fully saturated rings. The number of nitrogens with one attached hydrogen (secondary N) is 2. The number of rotatable bonds is 3. The van der Waals surface area contributed by atoms with Crippen molar-refractivity contribution in [2.24, 2.45) is 0 Å². The topological polar surface area (TPSA) is 49.8 Å². The summed E-state index contributed by atoms with van der Waals surface area (Å²) in [6.45, 7) is 0.535. The molecule has 1 aromatic heterocycles. The molecule has 0 saturated heterocycles. The Labute approximate surface area is 143 Å². The smallest absolute Gasteiger partial charge is 0.172 e. The van der Waals surface area contributed by atoms with Gasteiger partial charge >= 0.3 is 0 Å². The van der Waals surface area contributed by atoms with Gasteiger partial charge in [-0.15, -0.1) is 0 Å². The van der Waals surface area contributed by atoms with E-state index in [1.165, 1.54) is 0 Å². The quantitative estimate of drug-likeness (QED) is 0.709. The van der Waals surface area contributed by atoms with E-state index in [0.29, 0.717) is 31.7 Å². The van der Waals surface area contributed by atoms with Crippen molar-refractivity contribution in [3.8, 4) is 0 Å². The Morgan fingerprint density at radius 3 is 2.75 bits per heavy atom. The third-order valence-electron chi connectivity index (χ3n) is 2.33. The van der Waals surface area contributed by atoms with Crippen molar-refractivity contribution < 1.29 is 0 Å². The van der Waals surface area contributed by atoms with Crippen molar-refractivity contribution >= 4 is 66.6 Å². The number of hydrogen-bond donors (Lipinski definition) is 2. The molecule has 1 heterocycles. The van der Waals surface area contributed by atoms with Gasteiger partial charge in [-0.3, -0.25) is 0 Å². The van der Waals surface area contributed by atoms with Crippen LogP contribution in [0.5, 0.6) is 0 Å². The standard InChI is InChI=1S/C12H9Br2ClN4S/c13-9-6-16-11(10(14)18-9)19-12(20)17-5-7-3-1-2-4-8(7)15/h1-4,6H,5H2,(H2,16,17,19,20). The summed E-state index contributed by atoms with van der Waals surface area (Å²) in [4.78, 5) is 8.33. The Bertz CT molecular complexity index is 639. The fourth-order valence-corrected chi connectivity index (χ4v) is 2.68. The van der Waals surface area contributed by atoms with E-state index in [1.807, 2.05) is 24.3 Å². The van der Waals surface area contributed by atoms with E-state index in [4.69, 9.17) is 23.8 Å². The Morgan fingerprint density at radius 2 is 2.05 bits per heavy atom. The molecule has 0 unspecified atom stereocenters. The third-order valence-corrected chi connectivity index (χ3v) is 3.88. The number of benzene rings is 1. The normalized spacial score (nSPS) is 10.2. The van der Waals surface area contributed by atoms with E-state index in [0.717, 1.165) is 5.56 Å². The van der Waals surface area contributed by atoms with Gasteiger partial charge in [0.2, 0.25) is 0 Å². The maximum absolute atomic E-state index is 6.07. The molecular formula is C12H9Br2ClN4S. The second-order valence-corrected chi connectivity index (χ2v) is 6.11. The predicted octanol–water partition coefficient (Wildman–Crippen LogP) is 4.14. The van der Waals surface area contributed by atoms with Crippen LogP contribution in [0.1, 0.15) is 5.56 Å². The van der Waals surface area contributed by atoms with E-state index in [-0.39, 0.29) is 0 Å². The molecule has 0 saturated carbocycles. The van der Waals surface area contributed by atoms with Gasteiger partial charge in [-0.25, -0.2) is 9.97 Å². The number of hydrogen-bond acceptors (Lipinski definition) is 3. The van der Waals surface area contributed by atoms with Crippen LogP contribution >= 0.6 is 55.7 Å². The lowest BCUT2D eigenvalue weighted by Crippen LogP contribution is -2.28. The predicted molar refractivity (Wildman–Crippen MR) is 91.9 cm³/mol. The zero-order valence-electron chi connectivity index (χ0n) is 10.0. The molecule has 2 N–H and O–H groups in total. The lowest BCUT2D eigenvalue weighted by Gasteiger charge is -2.11. The number of halogens is 3. The molecule has 2 rings (SSSR count). The molecule has 104 valence electrons. The Balaban J connectivity index is 1.94. The number of nitrogens with zero attached hydrogens (tertiary/aromatic N) is 2. The summed E-state index contributed by atoms with van der Waals surface area (Å²) >= 11 is 17.8. The molecule has 0 spiro atoms. The maximum Gasteiger partial charge on any atom is 0.172 e. The number of thiocarbonyl (C=S) groups is 1. The van der Waals surface area contributed by atoms with Gasteiger partial charge in [0.25, 0.3) is 0 Å². The van der Waals surface area contributed by atoms with Crippen LogP contribution in [0.2, 0.25) is 5.02 Å². The first-order chi connectivity index (χ1) is 9.56. The van der Waals surface area contributed by atoms with Crippen molar-refractivity contribution in [3.63, 3.8) is 0 Å². The van der Waals surface area contributed by atoms with Crippen molar-refractivity contribution in [2.45, 2.75) is 6.54 Å². The molecule has 0 bridgehead atoms. The van der Waals surface area contributed by atoms with E-state index >= 15 is 0 Å². The fraction of sp³-hybridized carbons (Fsp3) is 0.0833. The van der Waals surface area contributed by atoms with Crippen molar-refractivity contribution in [2.75, 3.05) is 5.32 Å². The third kappa shape index (κ3) is 4.37. The van der Waals surface area contributed by atoms with E-state index < -0.39 is 0 Å². The molecule has 0 aliphatic carbocycles. The Hall–Kier alpha value is -0.760. The highest BCUT2D eigenvalue weighted by molar-refractivity contribution is 9.11. The minimum absolute atomic E-state index is 0.447. The van der Waals surface area contributed by atoms with Crippen LogP contribution in [0.3, 0.4) is 0 Å². The molecule has 1 aromatic carbocycles. The van der Waals surface area contributed by atoms with Gasteiger partial charge in [-0.2, -0.15) is 0 Å². The van der Waals surface area contributed by atoms with Crippen LogP contribution in [0, 0.1) is 0 Å². The second-order valence-electron chi connectivity index (χ2n) is 3.73. The average molecular weight is 437 g/mol. The monoisotopic (exact) mass is 434 g/mol. The molecule has 0 amide bonds. The van der Waals surface area contributed by atoms with Crippen molar-refractivity contribution in [3.05, 3.63) is 50.3 Å². The van der Waals surface area contributed by atoms with E-state index in [2.05, 4.69) is 52.5 Å². The summed E-state index contributed by atoms with van der Waals surface area (Å²) in [6.07, 6.45) is 1.59. The highest BCUT2D eigenvalue weighted by Gasteiger charge is 2.06. The van der Waals surface area contributed by atoms with Gasteiger partial charge in [0, 0.05) is 11.6 Å². The molecule has 0 aliphatic heterocycles. The molecule has 0 aliphatic rings. The molecule has 8 heteroatoms. The van der Waals surface area contributed by atoms with Gasteiger partial charge in [0.1, 0.15) is 9.21 Å². The SMILES string of the molecule is S=C(NCc1ccccc1Cl)Nc1ncc(Br)nc1Br. The Kier molecular flexibility index (Phi) is 5.71. The van der Waals surface area contributed by atoms with Gasteiger partial charge in [0.05, 0.1) is 6.20 Å². The molecule has 0 atom stereocenters. The van der Waals surface area contributed by atoms with Gasteiger partial charge in [-0.05, 0) is 55.7 Å². The number of aromatic nitrogens is 2. The largest absolute Gasteiger partial charge is 0.358 e. The summed E-state index contributed by atoms with van der Waals surface area (Å²) in [5, 5.41) is 7.18. The zero-order chi connectivity index (χ0) is 14.5. The minimum Gasteiger partial charge on any atom is -0.358 e. The fourth-order valence-electron chi connectivity index (χ4n) is 1.40. The number of anilines is 1. The van der Waals surface area contributed by atoms with E-state index in [9.17, 15) is 0 Å². The van der Waals surface area contributed by atoms with Crippen LogP contribution in [-0.4, -0.2) is 15.1 Å². The molecule has 4 nitrogen and oxygen atoms in total. The minimum atomic E-state index is 0.447. The summed E-state index contributed by atoms with van der Waals surface area (Å²) in [7, 11) is 0. The average Bonchev–Trinajstić information content (AvgIpc) is 2.41. The maximum atomic E-state index is 6.07. The highest BCUT2D eigenvalue weighted by Crippen LogP contribution is 2.19. The zero-order valence-corrected chi connectivity index (χ0v) is 14.8. The molecule has 20 heavy (non-hydrogen) atoms. The van der Waals surface area contributed by atoms with Crippen LogP contribution < -0.4 is 10.6 Å². The van der Waals surface area contributed by atoms with Crippen LogP contribution in [0.25, 0.3) is 0 Å². The van der Waals surface area contributed by atoms with Gasteiger partial charge in [0.15, 0.2) is 10.9 Å². The Morgan fingerprint density at radius 1 is 1.30 bits per heavy atom. The first-order valence-electron chi connectivity index (χ1n) is 5.52. The lowest BCUT2D eigenvalue weighted by molar-refractivity contribution is 0.924. The van der Waals surface area contributed by atoms with Crippen LogP contribution in [-0.2, 0) is 6.54 Å². The van der Waals surface area contributed by atoms with Crippen LogP contribution in [0.15, 0.2) is 39.7 Å². The molecule has 2 aromatic rings. The van der Waals surface area contributed by atoms with Crippen molar-refractivity contribution in [1.29, 1.82) is 0 Å². The lowest BCUT2D eigenvalue weighted by atomic mass is 10.2. The first-order valence-corrected chi connectivity index (χ1v) is 7.90. The summed E-state index contributed by atoms with van der Waals surface area (Å²) in [5.74, 6) is 0.546. The molecule has 0 radical (unpaired) electrons. The molecular weight excluding hydrogens is 427 g/mol. The second kappa shape index (κ2) is 7.31. The summed E-state index contributed by atoms with van der Waals surface area (Å²) in [6, 6.07) is 7.59. The summed E-state index contributed by atoms with van der Waals surface area (Å²) in [5.41, 5.74) is 0.972. The van der Waals surface area contributed by atoms with Crippen LogP contribution in [0.4, 0.5) is 5.82 Å². The van der Waals surface area contributed by atoms with Gasteiger partial charge < -0.3 is 10.6 Å².